The second-order valence-electron chi connectivity index (χ2n) is 2.11. The molecule has 8 heteroatoms. The lowest BCUT2D eigenvalue weighted by atomic mass is 10.3. The first kappa shape index (κ1) is 9.85. The van der Waals surface area contributed by atoms with Gasteiger partial charge in [-0.1, -0.05) is 0 Å². The van der Waals surface area contributed by atoms with Crippen molar-refractivity contribution >= 4 is 11.8 Å². The summed E-state index contributed by atoms with van der Waals surface area (Å²) in [6.07, 6.45) is -4.60. The molecule has 0 aliphatic rings. The van der Waals surface area contributed by atoms with E-state index in [9.17, 15) is 22.8 Å². The van der Waals surface area contributed by atoms with Gasteiger partial charge in [0.25, 0.3) is 5.56 Å². The number of nitrogens with one attached hydrogen (secondary N) is 1. The third-order valence-electron chi connectivity index (χ3n) is 1.21. The fraction of sp³-hybridized carbons (Fsp3) is 0.200. The van der Waals surface area contributed by atoms with Gasteiger partial charge in [-0.2, -0.15) is 13.2 Å². The van der Waals surface area contributed by atoms with Crippen molar-refractivity contribution in [1.82, 2.24) is 9.07 Å². The molecule has 0 saturated heterocycles. The van der Waals surface area contributed by atoms with Crippen LogP contribution in [0.3, 0.4) is 0 Å². The zero-order valence-corrected chi connectivity index (χ0v) is 6.61. The molecule has 1 aromatic heterocycles. The van der Waals surface area contributed by atoms with Gasteiger partial charge in [0.1, 0.15) is 5.56 Å². The Morgan fingerprint density at radius 2 is 1.92 bits per heavy atom. The normalized spacial score (nSPS) is 11.7. The van der Waals surface area contributed by atoms with Crippen LogP contribution in [0.4, 0.5) is 13.2 Å². The van der Waals surface area contributed by atoms with Crippen LogP contribution in [-0.2, 0) is 6.18 Å². The van der Waals surface area contributed by atoms with E-state index in [4.69, 9.17) is 11.8 Å². The Morgan fingerprint density at radius 1 is 1.38 bits per heavy atom. The van der Waals surface area contributed by atoms with Crippen LogP contribution < -0.4 is 11.2 Å². The van der Waals surface area contributed by atoms with Gasteiger partial charge in [-0.05, 0) is 0 Å². The highest BCUT2D eigenvalue weighted by Crippen LogP contribution is 2.25. The molecule has 1 aromatic rings. The maximum Gasteiger partial charge on any atom is 0.423 e. The van der Waals surface area contributed by atoms with Crippen molar-refractivity contribution < 1.29 is 13.2 Å². The van der Waals surface area contributed by atoms with Gasteiger partial charge in [0, 0.05) is 18.0 Å². The average molecular weight is 215 g/mol. The molecule has 1 heterocycles. The molecule has 0 radical (unpaired) electrons. The lowest BCUT2D eigenvalue weighted by Crippen LogP contribution is -2.31. The van der Waals surface area contributed by atoms with Gasteiger partial charge < -0.3 is 0 Å². The molecule has 1 rings (SSSR count). The summed E-state index contributed by atoms with van der Waals surface area (Å²) in [6.45, 7) is 0. The van der Waals surface area contributed by atoms with E-state index in [1.165, 1.54) is 4.98 Å². The third-order valence-corrected chi connectivity index (χ3v) is 1.46. The molecule has 0 aliphatic carbocycles. The molecule has 72 valence electrons. The standard InChI is InChI=1S/C5H2ClF3N2O2/c6-11-1-2(5(7,8)9)3(12)10-4(11)13/h1H,(H,10,12,13). The maximum atomic E-state index is 12.0. The predicted molar refractivity (Wildman–Crippen MR) is 37.6 cm³/mol. The number of rotatable bonds is 0. The van der Waals surface area contributed by atoms with E-state index in [1.54, 1.807) is 0 Å². The number of H-pyrrole nitrogens is 1. The molecule has 0 bridgehead atoms. The SMILES string of the molecule is O=c1[nH]c(=O)n(Cl)cc1C(F)(F)F. The van der Waals surface area contributed by atoms with E-state index in [-0.39, 0.29) is 10.3 Å². The Hall–Kier alpha value is -1.24. The average Bonchev–Trinajstić information content (AvgIpc) is 1.94. The monoisotopic (exact) mass is 214 g/mol. The zero-order valence-electron chi connectivity index (χ0n) is 5.85. The Kier molecular flexibility index (Phi) is 2.21. The van der Waals surface area contributed by atoms with Crippen LogP contribution in [0.1, 0.15) is 5.56 Å². The smallest absolute Gasteiger partial charge is 0.272 e. The third kappa shape index (κ3) is 1.92. The summed E-state index contributed by atoms with van der Waals surface area (Å²) in [4.78, 5) is 22.5. The lowest BCUT2D eigenvalue weighted by Gasteiger charge is -2.04. The minimum Gasteiger partial charge on any atom is -0.272 e. The largest absolute Gasteiger partial charge is 0.423 e. The van der Waals surface area contributed by atoms with Crippen LogP contribution in [0.15, 0.2) is 15.8 Å². The van der Waals surface area contributed by atoms with Crippen LogP contribution in [-0.4, -0.2) is 9.07 Å². The van der Waals surface area contributed by atoms with Crippen molar-refractivity contribution in [3.05, 3.63) is 32.6 Å². The molecule has 1 N–H and O–H groups in total. The minimum atomic E-state index is -4.82. The number of aromatic amines is 1. The van der Waals surface area contributed by atoms with Crippen molar-refractivity contribution in [1.29, 1.82) is 0 Å². The Bertz CT molecular complexity index is 433. The highest BCUT2D eigenvalue weighted by molar-refractivity contribution is 6.15. The van der Waals surface area contributed by atoms with E-state index >= 15 is 0 Å². The summed E-state index contributed by atoms with van der Waals surface area (Å²) >= 11 is 5.03. The van der Waals surface area contributed by atoms with Crippen LogP contribution >= 0.6 is 11.8 Å². The van der Waals surface area contributed by atoms with Gasteiger partial charge >= 0.3 is 11.9 Å². The van der Waals surface area contributed by atoms with E-state index in [0.717, 1.165) is 0 Å². The van der Waals surface area contributed by atoms with E-state index in [1.807, 2.05) is 0 Å². The van der Waals surface area contributed by atoms with Crippen molar-refractivity contribution in [2.45, 2.75) is 6.18 Å². The number of hydrogen-bond acceptors (Lipinski definition) is 2. The first-order chi connectivity index (χ1) is 5.82. The molecular weight excluding hydrogens is 213 g/mol. The topological polar surface area (TPSA) is 54.9 Å². The molecular formula is C5H2ClF3N2O2. The molecule has 0 unspecified atom stereocenters. The van der Waals surface area contributed by atoms with E-state index < -0.39 is 23.0 Å². The second-order valence-corrected chi connectivity index (χ2v) is 2.48. The number of halogens is 4. The van der Waals surface area contributed by atoms with Crippen molar-refractivity contribution in [3.63, 3.8) is 0 Å². The Morgan fingerprint density at radius 3 is 2.38 bits per heavy atom. The van der Waals surface area contributed by atoms with Crippen LogP contribution in [0.2, 0.25) is 0 Å². The van der Waals surface area contributed by atoms with Gasteiger partial charge in [0.05, 0.1) is 0 Å². The fourth-order valence-corrected chi connectivity index (χ4v) is 0.790. The Labute approximate surface area is 73.7 Å². The first-order valence-corrected chi connectivity index (χ1v) is 3.25. The van der Waals surface area contributed by atoms with Crippen LogP contribution in [0, 0.1) is 0 Å². The molecule has 0 fully saturated rings. The van der Waals surface area contributed by atoms with Gasteiger partial charge in [0.15, 0.2) is 0 Å². The summed E-state index contributed by atoms with van der Waals surface area (Å²) in [7, 11) is 0. The van der Waals surface area contributed by atoms with Gasteiger partial charge in [-0.15, -0.1) is 0 Å². The number of nitrogens with zero attached hydrogens (tertiary/aromatic N) is 1. The fourth-order valence-electron chi connectivity index (χ4n) is 0.650. The highest BCUT2D eigenvalue weighted by atomic mass is 35.5. The lowest BCUT2D eigenvalue weighted by molar-refractivity contribution is -0.139. The first-order valence-electron chi connectivity index (χ1n) is 2.91. The molecule has 0 saturated carbocycles. The summed E-state index contributed by atoms with van der Waals surface area (Å²) in [6, 6.07) is 0. The molecule has 13 heavy (non-hydrogen) atoms. The van der Waals surface area contributed by atoms with Crippen molar-refractivity contribution in [2.75, 3.05) is 0 Å². The predicted octanol–water partition coefficient (Wildman–Crippen LogP) is 0.557. The van der Waals surface area contributed by atoms with Crippen molar-refractivity contribution in [3.8, 4) is 0 Å². The summed E-state index contributed by atoms with van der Waals surface area (Å²) in [5, 5.41) is 0. The molecule has 0 spiro atoms. The van der Waals surface area contributed by atoms with E-state index in [2.05, 4.69) is 0 Å². The molecule has 0 atom stereocenters. The van der Waals surface area contributed by atoms with Crippen LogP contribution in [0.5, 0.6) is 0 Å². The quantitative estimate of drug-likeness (QED) is 0.686. The number of alkyl halides is 3. The second kappa shape index (κ2) is 2.91. The summed E-state index contributed by atoms with van der Waals surface area (Å²) in [5.41, 5.74) is -4.13. The Balaban J connectivity index is 3.51. The van der Waals surface area contributed by atoms with Gasteiger partial charge in [0.2, 0.25) is 0 Å². The molecule has 0 aliphatic heterocycles. The van der Waals surface area contributed by atoms with E-state index in [0.29, 0.717) is 0 Å². The molecule has 0 aromatic carbocycles. The minimum absolute atomic E-state index is 0.129. The molecule has 4 nitrogen and oxygen atoms in total. The van der Waals surface area contributed by atoms with Gasteiger partial charge in [-0.3, -0.25) is 9.78 Å². The number of aromatic nitrogens is 2. The molecule has 0 amide bonds. The summed E-state index contributed by atoms with van der Waals surface area (Å²) < 4.78 is 36.0. The zero-order chi connectivity index (χ0) is 10.2. The van der Waals surface area contributed by atoms with Crippen molar-refractivity contribution in [2.24, 2.45) is 0 Å². The maximum absolute atomic E-state index is 12.0. The van der Waals surface area contributed by atoms with Crippen LogP contribution in [0.25, 0.3) is 0 Å². The van der Waals surface area contributed by atoms with Gasteiger partial charge in [-0.25, -0.2) is 8.88 Å². The number of hydrogen-bond donors (Lipinski definition) is 1. The summed E-state index contributed by atoms with van der Waals surface area (Å²) in [5.74, 6) is 0. The highest BCUT2D eigenvalue weighted by Gasteiger charge is 2.34.